The molecule has 1 fully saturated rings. The third-order valence-corrected chi connectivity index (χ3v) is 5.39. The summed E-state index contributed by atoms with van der Waals surface area (Å²) in [6, 6.07) is 6.26. The average molecular weight is 327 g/mol. The Bertz CT molecular complexity index is 685. The van der Waals surface area contributed by atoms with Gasteiger partial charge in [0.15, 0.2) is 29.8 Å². The van der Waals surface area contributed by atoms with E-state index in [1.54, 1.807) is 0 Å². The normalized spacial score (nSPS) is 22.2. The van der Waals surface area contributed by atoms with Gasteiger partial charge in [0.05, 0.1) is 6.42 Å². The predicted molar refractivity (Wildman–Crippen MR) is 94.8 cm³/mol. The second kappa shape index (κ2) is 6.15. The van der Waals surface area contributed by atoms with E-state index in [9.17, 15) is 0 Å². The van der Waals surface area contributed by atoms with Crippen molar-refractivity contribution in [1.82, 2.24) is 4.90 Å². The summed E-state index contributed by atoms with van der Waals surface area (Å²) in [5.41, 5.74) is 2.89. The van der Waals surface area contributed by atoms with Gasteiger partial charge in [0.1, 0.15) is 0 Å². The van der Waals surface area contributed by atoms with E-state index in [4.69, 9.17) is 9.47 Å². The highest BCUT2D eigenvalue weighted by Crippen LogP contribution is 2.34. The zero-order chi connectivity index (χ0) is 16.6. The second-order valence-electron chi connectivity index (χ2n) is 7.66. The van der Waals surface area contributed by atoms with Gasteiger partial charge in [0.25, 0.3) is 0 Å². The molecule has 3 aliphatic heterocycles. The summed E-state index contributed by atoms with van der Waals surface area (Å²) in [5, 5.41) is 0. The van der Waals surface area contributed by atoms with Crippen LogP contribution in [0.5, 0.6) is 11.5 Å². The maximum Gasteiger partial charge on any atom is 0.231 e. The van der Waals surface area contributed by atoms with Crippen LogP contribution in [0.4, 0.5) is 0 Å². The molecular formula is C20H27N2O2+. The van der Waals surface area contributed by atoms with Gasteiger partial charge in [0, 0.05) is 44.3 Å². The highest BCUT2D eigenvalue weighted by molar-refractivity contribution is 5.68. The van der Waals surface area contributed by atoms with E-state index in [1.165, 1.54) is 43.6 Å². The Morgan fingerprint density at radius 1 is 1.08 bits per heavy atom. The van der Waals surface area contributed by atoms with Gasteiger partial charge in [-0.2, -0.15) is 0 Å². The number of benzene rings is 1. The fraction of sp³-hybridized carbons (Fsp3) is 0.550. The minimum atomic E-state index is 0.123. The molecule has 0 unspecified atom stereocenters. The lowest BCUT2D eigenvalue weighted by atomic mass is 9.92. The van der Waals surface area contributed by atoms with Crippen LogP contribution in [0.2, 0.25) is 0 Å². The lowest BCUT2D eigenvalue weighted by Gasteiger charge is -2.36. The number of allylic oxidation sites excluding steroid dienone is 1. The molecule has 3 aliphatic rings. The molecular weight excluding hydrogens is 300 g/mol. The maximum atomic E-state index is 5.51. The number of fused-ring (bicyclic) bond motifs is 1. The van der Waals surface area contributed by atoms with Crippen LogP contribution in [-0.4, -0.2) is 41.1 Å². The average Bonchev–Trinajstić information content (AvgIpc) is 3.05. The molecule has 3 heterocycles. The van der Waals surface area contributed by atoms with Crippen molar-refractivity contribution in [1.29, 1.82) is 0 Å². The van der Waals surface area contributed by atoms with Gasteiger partial charge in [-0.15, -0.1) is 0 Å². The number of hydrogen-bond acceptors (Lipinski definition) is 3. The molecule has 0 aromatic heterocycles. The van der Waals surface area contributed by atoms with Crippen LogP contribution in [-0.2, 0) is 6.54 Å². The van der Waals surface area contributed by atoms with Gasteiger partial charge in [-0.05, 0) is 37.5 Å². The minimum absolute atomic E-state index is 0.123. The third-order valence-electron chi connectivity index (χ3n) is 5.39. The standard InChI is InChI=1S/C20H27N2O2/c1-20(2)13-17(21-9-4-3-5-10-21)8-11-22(20)14-16-6-7-18-19(12-16)24-15-23-18/h6-8,11-12H,3-5,9-10,13-15H2,1-2H3/q+1. The van der Waals surface area contributed by atoms with Crippen LogP contribution in [0.25, 0.3) is 0 Å². The Hall–Kier alpha value is -1.97. The van der Waals surface area contributed by atoms with Gasteiger partial charge in [-0.25, -0.2) is 4.58 Å². The van der Waals surface area contributed by atoms with Crippen LogP contribution in [0.3, 0.4) is 0 Å². The Labute approximate surface area is 144 Å². The number of rotatable bonds is 3. The van der Waals surface area contributed by atoms with Gasteiger partial charge in [-0.1, -0.05) is 0 Å². The lowest BCUT2D eigenvalue weighted by Crippen LogP contribution is -2.43. The first-order chi connectivity index (χ1) is 11.6. The fourth-order valence-electron chi connectivity index (χ4n) is 3.88. The summed E-state index contributed by atoms with van der Waals surface area (Å²) in [7, 11) is 0. The molecule has 0 saturated carbocycles. The van der Waals surface area contributed by atoms with Crippen molar-refractivity contribution in [2.45, 2.75) is 51.6 Å². The highest BCUT2D eigenvalue weighted by atomic mass is 16.7. The van der Waals surface area contributed by atoms with Crippen molar-refractivity contribution >= 4 is 6.21 Å². The van der Waals surface area contributed by atoms with Crippen LogP contribution >= 0.6 is 0 Å². The maximum absolute atomic E-state index is 5.51. The Morgan fingerprint density at radius 2 is 1.88 bits per heavy atom. The van der Waals surface area contributed by atoms with Crippen molar-refractivity contribution in [3.8, 4) is 11.5 Å². The molecule has 0 spiro atoms. The van der Waals surface area contributed by atoms with Crippen LogP contribution in [0.1, 0.15) is 45.1 Å². The summed E-state index contributed by atoms with van der Waals surface area (Å²) in [6.45, 7) is 8.35. The zero-order valence-corrected chi connectivity index (χ0v) is 14.8. The summed E-state index contributed by atoms with van der Waals surface area (Å²) >= 11 is 0. The monoisotopic (exact) mass is 327 g/mol. The first-order valence-corrected chi connectivity index (χ1v) is 9.06. The Balaban J connectivity index is 1.53. The summed E-state index contributed by atoms with van der Waals surface area (Å²) < 4.78 is 13.4. The molecule has 0 amide bonds. The Kier molecular flexibility index (Phi) is 3.99. The molecule has 1 aromatic rings. The van der Waals surface area contributed by atoms with Crippen molar-refractivity contribution in [2.24, 2.45) is 0 Å². The Morgan fingerprint density at radius 3 is 2.67 bits per heavy atom. The molecule has 4 nitrogen and oxygen atoms in total. The topological polar surface area (TPSA) is 24.7 Å². The quantitative estimate of drug-likeness (QED) is 0.794. The van der Waals surface area contributed by atoms with E-state index in [1.807, 2.05) is 6.07 Å². The predicted octanol–water partition coefficient (Wildman–Crippen LogP) is 3.55. The lowest BCUT2D eigenvalue weighted by molar-refractivity contribution is -0.612. The van der Waals surface area contributed by atoms with Gasteiger partial charge in [0.2, 0.25) is 6.79 Å². The van der Waals surface area contributed by atoms with Crippen molar-refractivity contribution in [2.75, 3.05) is 19.9 Å². The van der Waals surface area contributed by atoms with Crippen molar-refractivity contribution < 1.29 is 14.0 Å². The van der Waals surface area contributed by atoms with Gasteiger partial charge >= 0.3 is 0 Å². The molecule has 1 aromatic carbocycles. The van der Waals surface area contributed by atoms with E-state index < -0.39 is 0 Å². The number of nitrogens with zero attached hydrogens (tertiary/aromatic N) is 2. The van der Waals surface area contributed by atoms with Gasteiger partial charge < -0.3 is 14.4 Å². The summed E-state index contributed by atoms with van der Waals surface area (Å²) in [5.74, 6) is 1.72. The minimum Gasteiger partial charge on any atom is -0.454 e. The van der Waals surface area contributed by atoms with E-state index >= 15 is 0 Å². The van der Waals surface area contributed by atoms with Crippen molar-refractivity contribution in [3.05, 3.63) is 35.5 Å². The molecule has 0 atom stereocenters. The first-order valence-electron chi connectivity index (χ1n) is 9.06. The van der Waals surface area contributed by atoms with E-state index in [-0.39, 0.29) is 5.54 Å². The highest BCUT2D eigenvalue weighted by Gasteiger charge is 2.35. The van der Waals surface area contributed by atoms with Crippen molar-refractivity contribution in [3.63, 3.8) is 0 Å². The number of likely N-dealkylation sites (tertiary alicyclic amines) is 1. The fourth-order valence-corrected chi connectivity index (χ4v) is 3.88. The molecule has 0 aliphatic carbocycles. The van der Waals surface area contributed by atoms with Crippen LogP contribution in [0.15, 0.2) is 30.0 Å². The van der Waals surface area contributed by atoms with E-state index in [2.05, 4.69) is 47.7 Å². The number of hydrogen-bond donors (Lipinski definition) is 0. The van der Waals surface area contributed by atoms with Crippen LogP contribution < -0.4 is 9.47 Å². The molecule has 128 valence electrons. The summed E-state index contributed by atoms with van der Waals surface area (Å²) in [6.07, 6.45) is 9.75. The van der Waals surface area contributed by atoms with Crippen LogP contribution in [0, 0.1) is 0 Å². The zero-order valence-electron chi connectivity index (χ0n) is 14.8. The molecule has 4 heteroatoms. The summed E-state index contributed by atoms with van der Waals surface area (Å²) in [4.78, 5) is 2.58. The molecule has 1 saturated heterocycles. The smallest absolute Gasteiger partial charge is 0.231 e. The largest absolute Gasteiger partial charge is 0.454 e. The second-order valence-corrected chi connectivity index (χ2v) is 7.66. The van der Waals surface area contributed by atoms with Gasteiger partial charge in [-0.3, -0.25) is 0 Å². The number of piperidine rings is 1. The molecule has 4 rings (SSSR count). The SMILES string of the molecule is CC1(C)CC(N2CCCCC2)=CC=[N+]1Cc1ccc2c(c1)OCO2. The number of ether oxygens (including phenoxy) is 2. The molecule has 0 radical (unpaired) electrons. The molecule has 0 bridgehead atoms. The van der Waals surface area contributed by atoms with E-state index in [0.717, 1.165) is 24.5 Å². The third kappa shape index (κ3) is 3.02. The first kappa shape index (κ1) is 15.6. The molecule has 0 N–H and O–H groups in total. The van der Waals surface area contributed by atoms with E-state index in [0.29, 0.717) is 6.79 Å². The molecule has 24 heavy (non-hydrogen) atoms.